The van der Waals surface area contributed by atoms with E-state index in [0.29, 0.717) is 0 Å². The molecule has 0 atom stereocenters. The van der Waals surface area contributed by atoms with E-state index >= 15 is 0 Å². The molecule has 0 amide bonds. The highest BCUT2D eigenvalue weighted by Crippen LogP contribution is 2.26. The van der Waals surface area contributed by atoms with Crippen molar-refractivity contribution in [2.45, 2.75) is 6.42 Å². The number of hydrogen-bond donors (Lipinski definition) is 2. The molecule has 0 bridgehead atoms. The minimum absolute atomic E-state index is 0.0821. The van der Waals surface area contributed by atoms with Crippen LogP contribution in [-0.4, -0.2) is 34.9 Å². The second-order valence-electron chi connectivity index (χ2n) is 3.21. The molecule has 0 heterocycles. The maximum Gasteiger partial charge on any atom is 0.372 e. The normalized spacial score (nSPS) is 9.71. The van der Waals surface area contributed by atoms with Crippen molar-refractivity contribution in [3.63, 3.8) is 0 Å². The van der Waals surface area contributed by atoms with E-state index in [1.165, 1.54) is 25.3 Å². The van der Waals surface area contributed by atoms with Gasteiger partial charge in [-0.1, -0.05) is 0 Å². The highest BCUT2D eigenvalue weighted by Gasteiger charge is 2.18. The van der Waals surface area contributed by atoms with Crippen LogP contribution in [0.1, 0.15) is 16.8 Å². The predicted molar refractivity (Wildman–Crippen MR) is 56.2 cm³/mol. The van der Waals surface area contributed by atoms with Crippen molar-refractivity contribution in [2.75, 3.05) is 7.11 Å². The van der Waals surface area contributed by atoms with E-state index in [9.17, 15) is 19.5 Å². The number of Topliss-reactive ketones (excluding diaryl/α,β-unsaturated/α-hetero) is 2. The van der Waals surface area contributed by atoms with Crippen molar-refractivity contribution in [3.8, 4) is 11.5 Å². The Labute approximate surface area is 96.4 Å². The molecule has 0 spiro atoms. The summed E-state index contributed by atoms with van der Waals surface area (Å²) in [5, 5.41) is 17.6. The molecule has 0 saturated heterocycles. The van der Waals surface area contributed by atoms with Gasteiger partial charge in [0.1, 0.15) is 0 Å². The molecular weight excluding hydrogens is 228 g/mol. The number of methoxy groups -OCH3 is 1. The van der Waals surface area contributed by atoms with Crippen LogP contribution in [0.15, 0.2) is 18.2 Å². The van der Waals surface area contributed by atoms with Crippen molar-refractivity contribution in [2.24, 2.45) is 0 Å². The lowest BCUT2D eigenvalue weighted by molar-refractivity contribution is -0.148. The van der Waals surface area contributed by atoms with E-state index in [2.05, 4.69) is 0 Å². The largest absolute Gasteiger partial charge is 0.504 e. The van der Waals surface area contributed by atoms with E-state index in [1.807, 2.05) is 0 Å². The summed E-state index contributed by atoms with van der Waals surface area (Å²) in [5.41, 5.74) is 0.106. The van der Waals surface area contributed by atoms with Crippen molar-refractivity contribution in [1.29, 1.82) is 0 Å². The summed E-state index contributed by atoms with van der Waals surface area (Å²) in [6.45, 7) is 0. The average molecular weight is 238 g/mol. The number of aliphatic carboxylic acids is 1. The summed E-state index contributed by atoms with van der Waals surface area (Å²) in [5.74, 6) is -3.53. The van der Waals surface area contributed by atoms with Gasteiger partial charge in [0, 0.05) is 5.56 Å². The topological polar surface area (TPSA) is 101 Å². The Morgan fingerprint density at radius 3 is 2.47 bits per heavy atom. The maximum absolute atomic E-state index is 11.5. The molecule has 0 aliphatic carbocycles. The van der Waals surface area contributed by atoms with Crippen LogP contribution < -0.4 is 4.74 Å². The monoisotopic (exact) mass is 238 g/mol. The minimum atomic E-state index is -1.65. The predicted octanol–water partition coefficient (Wildman–Crippen LogP) is 0.627. The molecule has 0 unspecified atom stereocenters. The molecule has 90 valence electrons. The SMILES string of the molecule is COc1cc(C(=O)CC(=O)C(=O)O)ccc1O. The van der Waals surface area contributed by atoms with Gasteiger partial charge >= 0.3 is 5.97 Å². The number of rotatable bonds is 5. The third-order valence-electron chi connectivity index (χ3n) is 2.06. The van der Waals surface area contributed by atoms with Crippen molar-refractivity contribution in [3.05, 3.63) is 23.8 Å². The molecule has 0 aliphatic heterocycles. The van der Waals surface area contributed by atoms with Crippen molar-refractivity contribution < 1.29 is 29.3 Å². The third kappa shape index (κ3) is 3.04. The van der Waals surface area contributed by atoms with Crippen LogP contribution in [0.2, 0.25) is 0 Å². The summed E-state index contributed by atoms with van der Waals surface area (Å²) in [7, 11) is 1.31. The molecule has 17 heavy (non-hydrogen) atoms. The van der Waals surface area contributed by atoms with Crippen molar-refractivity contribution in [1.82, 2.24) is 0 Å². The smallest absolute Gasteiger partial charge is 0.372 e. The fourth-order valence-electron chi connectivity index (χ4n) is 1.17. The van der Waals surface area contributed by atoms with Crippen LogP contribution in [0.3, 0.4) is 0 Å². The first-order valence-electron chi connectivity index (χ1n) is 4.62. The van der Waals surface area contributed by atoms with Gasteiger partial charge in [-0.05, 0) is 18.2 Å². The van der Waals surface area contributed by atoms with Gasteiger partial charge in [-0.3, -0.25) is 9.59 Å². The highest BCUT2D eigenvalue weighted by molar-refractivity contribution is 6.37. The number of ether oxygens (including phenoxy) is 1. The lowest BCUT2D eigenvalue weighted by Crippen LogP contribution is -2.17. The number of aromatic hydroxyl groups is 1. The van der Waals surface area contributed by atoms with Crippen LogP contribution in [0, 0.1) is 0 Å². The van der Waals surface area contributed by atoms with Crippen molar-refractivity contribution >= 4 is 17.5 Å². The third-order valence-corrected chi connectivity index (χ3v) is 2.06. The van der Waals surface area contributed by atoms with Gasteiger partial charge in [-0.15, -0.1) is 0 Å². The molecule has 1 rings (SSSR count). The van der Waals surface area contributed by atoms with E-state index in [0.717, 1.165) is 0 Å². The van der Waals surface area contributed by atoms with Crippen LogP contribution in [-0.2, 0) is 9.59 Å². The minimum Gasteiger partial charge on any atom is -0.504 e. The first-order chi connectivity index (χ1) is 7.95. The molecule has 1 aromatic carbocycles. The summed E-state index contributed by atoms with van der Waals surface area (Å²) < 4.78 is 4.78. The Balaban J connectivity index is 2.90. The molecule has 0 aromatic heterocycles. The van der Waals surface area contributed by atoms with E-state index in [4.69, 9.17) is 9.84 Å². The molecule has 6 nitrogen and oxygen atoms in total. The van der Waals surface area contributed by atoms with Crippen LogP contribution in [0.4, 0.5) is 0 Å². The average Bonchev–Trinajstić information content (AvgIpc) is 2.29. The molecule has 0 aliphatic rings. The van der Waals surface area contributed by atoms with Gasteiger partial charge in [0.15, 0.2) is 17.3 Å². The Morgan fingerprint density at radius 1 is 1.29 bits per heavy atom. The Hall–Kier alpha value is -2.37. The molecule has 2 N–H and O–H groups in total. The standard InChI is InChI=1S/C11H10O6/c1-17-10-4-6(2-3-7(10)12)8(13)5-9(14)11(15)16/h2-4,12H,5H2,1H3,(H,15,16). The van der Waals surface area contributed by atoms with Gasteiger partial charge < -0.3 is 14.9 Å². The fraction of sp³-hybridized carbons (Fsp3) is 0.182. The lowest BCUT2D eigenvalue weighted by Gasteiger charge is -2.05. The Kier molecular flexibility index (Phi) is 3.82. The quantitative estimate of drug-likeness (QED) is 0.443. The number of carbonyl (C=O) groups is 3. The maximum atomic E-state index is 11.5. The Morgan fingerprint density at radius 2 is 1.94 bits per heavy atom. The van der Waals surface area contributed by atoms with Gasteiger partial charge in [0.2, 0.25) is 5.78 Å². The van der Waals surface area contributed by atoms with E-state index in [-0.39, 0.29) is 17.1 Å². The van der Waals surface area contributed by atoms with Gasteiger partial charge in [-0.2, -0.15) is 0 Å². The van der Waals surface area contributed by atoms with E-state index < -0.39 is 24.0 Å². The van der Waals surface area contributed by atoms with Crippen LogP contribution in [0.5, 0.6) is 11.5 Å². The molecule has 0 saturated carbocycles. The molecule has 0 fully saturated rings. The summed E-state index contributed by atoms with van der Waals surface area (Å²) in [6, 6.07) is 3.76. The number of hydrogen-bond acceptors (Lipinski definition) is 5. The first-order valence-corrected chi connectivity index (χ1v) is 4.62. The fourth-order valence-corrected chi connectivity index (χ4v) is 1.17. The van der Waals surface area contributed by atoms with Gasteiger partial charge in [0.25, 0.3) is 0 Å². The molecular formula is C11H10O6. The molecule has 1 aromatic rings. The zero-order chi connectivity index (χ0) is 13.0. The van der Waals surface area contributed by atoms with E-state index in [1.54, 1.807) is 0 Å². The Bertz CT molecular complexity index is 477. The number of benzene rings is 1. The molecule has 6 heteroatoms. The lowest BCUT2D eigenvalue weighted by atomic mass is 10.1. The summed E-state index contributed by atoms with van der Waals surface area (Å²) >= 11 is 0. The van der Waals surface area contributed by atoms with Gasteiger partial charge in [-0.25, -0.2) is 4.79 Å². The van der Waals surface area contributed by atoms with Gasteiger partial charge in [0.05, 0.1) is 13.5 Å². The number of carboxylic acids is 1. The second kappa shape index (κ2) is 5.11. The first kappa shape index (κ1) is 12.7. The van der Waals surface area contributed by atoms with Crippen LogP contribution >= 0.6 is 0 Å². The number of ketones is 2. The zero-order valence-corrected chi connectivity index (χ0v) is 8.97. The summed E-state index contributed by atoms with van der Waals surface area (Å²) in [4.78, 5) is 32.6. The highest BCUT2D eigenvalue weighted by atomic mass is 16.5. The van der Waals surface area contributed by atoms with Crippen LogP contribution in [0.25, 0.3) is 0 Å². The number of phenolic OH excluding ortho intramolecular Hbond substituents is 1. The number of phenols is 1. The number of carboxylic acid groups (broad SMARTS) is 1. The number of carbonyl (C=O) groups excluding carboxylic acids is 2. The summed E-state index contributed by atoms with van der Waals surface area (Å²) in [6.07, 6.45) is -0.719. The molecule has 0 radical (unpaired) electrons. The zero-order valence-electron chi connectivity index (χ0n) is 8.97. The second-order valence-corrected chi connectivity index (χ2v) is 3.21.